The number of likely N-dealkylation sites (N-methyl/N-ethyl adjacent to an activating group) is 1. The van der Waals surface area contributed by atoms with Gasteiger partial charge in [-0.25, -0.2) is 9.59 Å². The number of rotatable bonds is 20. The van der Waals surface area contributed by atoms with Crippen LogP contribution >= 0.6 is 0 Å². The fourth-order valence-corrected chi connectivity index (χ4v) is 12.7. The number of methoxy groups -OCH3 is 1. The van der Waals surface area contributed by atoms with Crippen LogP contribution in [0, 0.1) is 23.7 Å². The summed E-state index contributed by atoms with van der Waals surface area (Å²) in [5.74, 6) is -10.6. The van der Waals surface area contributed by atoms with Gasteiger partial charge < -0.3 is 76.0 Å². The third-order valence-electron chi connectivity index (χ3n) is 18.1. The molecule has 27 nitrogen and oxygen atoms in total. The Morgan fingerprint density at radius 1 is 0.848 bits per heavy atom. The monoisotopic (exact) mass is 1290 g/mol. The second-order valence-corrected chi connectivity index (χ2v) is 26.4. The van der Waals surface area contributed by atoms with E-state index in [4.69, 9.17) is 24.7 Å². The van der Waals surface area contributed by atoms with E-state index in [1.165, 1.54) is 42.7 Å². The van der Waals surface area contributed by atoms with Crippen molar-refractivity contribution in [1.29, 1.82) is 0 Å². The van der Waals surface area contributed by atoms with Crippen LogP contribution in [0.4, 0.5) is 0 Å². The SMILES string of the molecule is C=C1CCC(C(=O)N[C@H](CCC(N)=O)C(=O)O[C@@H](C)C(=O)N2CCC[C@H]2C(=O)N(C)[C@H](CC(C)C)C(=O)N[C@H]2C(=O)N[C@@H]([C@@H](C)CC)[C@@H](O)CC(=O)O[C@@H](C(C)C)C(=O)N[C@@H](CC(C)C)C(=O)N3CCC[C@H]3C(=O)N3Cc4cc(OC)ccc4C[C@H]3C(=O)O[C@H]2C)N1. The van der Waals surface area contributed by atoms with Crippen LogP contribution in [0.3, 0.4) is 0 Å². The zero-order valence-electron chi connectivity index (χ0n) is 55.4. The molecule has 92 heavy (non-hydrogen) atoms. The Morgan fingerprint density at radius 3 is 2.16 bits per heavy atom. The van der Waals surface area contributed by atoms with Gasteiger partial charge in [0.05, 0.1) is 25.7 Å². The van der Waals surface area contributed by atoms with E-state index in [1.54, 1.807) is 59.7 Å². The topological polar surface area (TPSA) is 361 Å². The molecule has 5 aliphatic heterocycles. The van der Waals surface area contributed by atoms with E-state index in [1.807, 2.05) is 13.8 Å². The van der Waals surface area contributed by atoms with Crippen LogP contribution in [0.25, 0.3) is 0 Å². The van der Waals surface area contributed by atoms with Crippen molar-refractivity contribution in [1.82, 2.24) is 46.2 Å². The van der Waals surface area contributed by atoms with Crippen LogP contribution in [0.15, 0.2) is 30.5 Å². The third kappa shape index (κ3) is 18.5. The van der Waals surface area contributed by atoms with Gasteiger partial charge in [-0.05, 0) is 119 Å². The van der Waals surface area contributed by atoms with Crippen molar-refractivity contribution >= 4 is 71.1 Å². The first-order valence-electron chi connectivity index (χ1n) is 32.4. The summed E-state index contributed by atoms with van der Waals surface area (Å²) in [5.41, 5.74) is 7.35. The minimum absolute atomic E-state index is 0.00210. The van der Waals surface area contributed by atoms with Crippen molar-refractivity contribution in [3.63, 3.8) is 0 Å². The average Bonchev–Trinajstić information content (AvgIpc) is 1.17. The van der Waals surface area contributed by atoms with Crippen molar-refractivity contribution < 1.29 is 81.6 Å². The molecule has 4 saturated heterocycles. The van der Waals surface area contributed by atoms with E-state index < -0.39 is 168 Å². The summed E-state index contributed by atoms with van der Waals surface area (Å²) in [6.07, 6.45) is -4.91. The van der Waals surface area contributed by atoms with Crippen molar-refractivity contribution in [3.05, 3.63) is 41.6 Å². The van der Waals surface area contributed by atoms with Crippen LogP contribution in [0.5, 0.6) is 5.75 Å². The van der Waals surface area contributed by atoms with Crippen LogP contribution in [-0.4, -0.2) is 202 Å². The number of nitrogens with zero attached hydrogens (tertiary/aromatic N) is 4. The Kier molecular flexibility index (Phi) is 26.0. The normalized spacial score (nSPS) is 26.6. The molecule has 1 aromatic carbocycles. The smallest absolute Gasteiger partial charge is 0.329 e. The number of aliphatic hydroxyl groups excluding tert-OH is 1. The highest BCUT2D eigenvalue weighted by atomic mass is 16.6. The number of nitrogens with one attached hydrogen (secondary N) is 5. The first-order chi connectivity index (χ1) is 43.3. The minimum atomic E-state index is -1.80. The van der Waals surface area contributed by atoms with Gasteiger partial charge in [-0.15, -0.1) is 0 Å². The van der Waals surface area contributed by atoms with Gasteiger partial charge in [0.25, 0.3) is 11.8 Å². The molecular weight excluding hydrogens is 1190 g/mol. The lowest BCUT2D eigenvalue weighted by Gasteiger charge is -2.40. The van der Waals surface area contributed by atoms with Crippen LogP contribution in [0.1, 0.15) is 157 Å². The molecule has 0 radical (unpaired) electrons. The van der Waals surface area contributed by atoms with Gasteiger partial charge in [0.1, 0.15) is 60.2 Å². The number of carbonyl (C=O) groups is 12. The molecule has 27 heteroatoms. The number of amides is 9. The number of cyclic esters (lactones) is 2. The molecule has 0 bridgehead atoms. The van der Waals surface area contributed by atoms with Gasteiger partial charge in [-0.2, -0.15) is 0 Å². The third-order valence-corrected chi connectivity index (χ3v) is 18.1. The molecule has 0 saturated carbocycles. The zero-order valence-corrected chi connectivity index (χ0v) is 55.4. The number of nitrogens with two attached hydrogens (primary N) is 1. The molecule has 510 valence electrons. The molecule has 9 amide bonds. The Bertz CT molecular complexity index is 2920. The zero-order chi connectivity index (χ0) is 68.2. The highest BCUT2D eigenvalue weighted by Crippen LogP contribution is 2.32. The number of hydrogen-bond acceptors (Lipinski definition) is 18. The second-order valence-electron chi connectivity index (χ2n) is 26.4. The van der Waals surface area contributed by atoms with E-state index >= 15 is 19.2 Å². The summed E-state index contributed by atoms with van der Waals surface area (Å²) in [4.78, 5) is 176. The summed E-state index contributed by atoms with van der Waals surface area (Å²) in [7, 11) is 2.86. The minimum Gasteiger partial charge on any atom is -0.497 e. The maximum atomic E-state index is 15.3. The number of esters is 3. The van der Waals surface area contributed by atoms with Gasteiger partial charge in [-0.1, -0.05) is 74.5 Å². The van der Waals surface area contributed by atoms with Crippen LogP contribution < -0.4 is 37.1 Å². The van der Waals surface area contributed by atoms with Gasteiger partial charge in [0.15, 0.2) is 12.2 Å². The quantitative estimate of drug-likeness (QED) is 0.0719. The average molecular weight is 1290 g/mol. The molecule has 14 atom stereocenters. The van der Waals surface area contributed by atoms with E-state index in [2.05, 4.69) is 33.2 Å². The van der Waals surface area contributed by atoms with Gasteiger partial charge in [0, 0.05) is 45.2 Å². The number of fused-ring (bicyclic) bond motifs is 3. The lowest BCUT2D eigenvalue weighted by molar-refractivity contribution is -0.164. The van der Waals surface area contributed by atoms with Crippen LogP contribution in [0.2, 0.25) is 0 Å². The largest absolute Gasteiger partial charge is 0.497 e. The first-order valence-corrected chi connectivity index (χ1v) is 32.4. The summed E-state index contributed by atoms with van der Waals surface area (Å²) < 4.78 is 23.1. The Hall–Kier alpha value is -7.84. The standard InChI is InChI=1S/C65H98N10O17/c1-14-36(8)53-50(76)31-52(78)92-55(35(6)7)59(82)69-45(27-33(2)3)61(84)74-26-16-18-47(74)63(86)75-32-41-29-42(89-13)21-20-40(41)30-49(75)65(88)90-38(10)54(58(81)70-53)71-57(80)48(28-34(4)5)72(12)62(85)46-17-15-25-73(46)60(83)39(11)91-64(87)44(23-24-51(66)77)68-56(79)43-22-19-37(9)67-43/h20-21,29,33-36,38-39,43-50,53-55,67,76H,9,14-19,22-28,30-32H2,1-8,10-13H3,(H2,66,77)(H,68,79)(H,69,82)(H,70,81)(H,71,80)/t36-,38-,39-,43?,44+,45-,46-,47-,48+,49-,50-,53-,54+,55-/m0/s1. The van der Waals surface area contributed by atoms with Crippen molar-refractivity contribution in [2.75, 3.05) is 27.2 Å². The number of aliphatic hydroxyl groups is 1. The van der Waals surface area contributed by atoms with Gasteiger partial charge >= 0.3 is 17.9 Å². The van der Waals surface area contributed by atoms with E-state index in [0.29, 0.717) is 54.7 Å². The van der Waals surface area contributed by atoms with E-state index in [-0.39, 0.29) is 76.4 Å². The molecule has 5 heterocycles. The maximum Gasteiger partial charge on any atom is 0.329 e. The number of ether oxygens (including phenoxy) is 4. The molecule has 0 aromatic heterocycles. The molecule has 1 aromatic rings. The Labute approximate surface area is 539 Å². The van der Waals surface area contributed by atoms with Crippen molar-refractivity contribution in [2.45, 2.75) is 238 Å². The van der Waals surface area contributed by atoms with Gasteiger partial charge in [-0.3, -0.25) is 47.9 Å². The summed E-state index contributed by atoms with van der Waals surface area (Å²) in [6.45, 7) is 20.7. The molecule has 0 aliphatic carbocycles. The second kappa shape index (κ2) is 32.6. The maximum absolute atomic E-state index is 15.3. The number of carbonyl (C=O) groups excluding carboxylic acids is 12. The lowest BCUT2D eigenvalue weighted by Crippen LogP contribution is -2.62. The van der Waals surface area contributed by atoms with Crippen molar-refractivity contribution in [2.24, 2.45) is 29.4 Å². The highest BCUT2D eigenvalue weighted by Gasteiger charge is 2.48. The highest BCUT2D eigenvalue weighted by molar-refractivity contribution is 5.98. The lowest BCUT2D eigenvalue weighted by atomic mass is 9.92. The fraction of sp³-hybridized carbons (Fsp3) is 0.692. The number of allylic oxidation sites excluding steroid dienone is 1. The van der Waals surface area contributed by atoms with E-state index in [9.17, 15) is 43.5 Å². The van der Waals surface area contributed by atoms with Crippen LogP contribution in [-0.2, 0) is 84.7 Å². The number of hydrogen-bond donors (Lipinski definition) is 7. The predicted molar refractivity (Wildman–Crippen MR) is 333 cm³/mol. The molecular formula is C65H98N10O17. The first kappa shape index (κ1) is 73.2. The van der Waals surface area contributed by atoms with Crippen molar-refractivity contribution in [3.8, 4) is 5.75 Å². The molecule has 0 spiro atoms. The van der Waals surface area contributed by atoms with Gasteiger partial charge in [0.2, 0.25) is 41.4 Å². The predicted octanol–water partition coefficient (Wildman–Crippen LogP) is 1.56. The fourth-order valence-electron chi connectivity index (χ4n) is 12.7. The number of primary amides is 1. The van der Waals surface area contributed by atoms with E-state index in [0.717, 1.165) is 4.90 Å². The molecule has 8 N–H and O–H groups in total. The summed E-state index contributed by atoms with van der Waals surface area (Å²) in [6, 6.07) is -5.99. The molecule has 1 unspecified atom stereocenters. The Balaban J connectivity index is 1.34. The number of likely N-dealkylation sites (tertiary alicyclic amines) is 1. The molecule has 6 rings (SSSR count). The Morgan fingerprint density at radius 2 is 1.54 bits per heavy atom. The number of benzene rings is 1. The molecule has 4 fully saturated rings. The molecule has 5 aliphatic rings. The summed E-state index contributed by atoms with van der Waals surface area (Å²) >= 11 is 0. The summed E-state index contributed by atoms with van der Waals surface area (Å²) in [5, 5.41) is 25.8.